The Labute approximate surface area is 200 Å². The van der Waals surface area contributed by atoms with E-state index in [1.807, 2.05) is 32.9 Å². The first-order chi connectivity index (χ1) is 16.4. The summed E-state index contributed by atoms with van der Waals surface area (Å²) >= 11 is 0. The quantitative estimate of drug-likeness (QED) is 0.318. The number of carboxylic acids is 1. The van der Waals surface area contributed by atoms with Gasteiger partial charge in [-0.1, -0.05) is 43.9 Å². The second kappa shape index (κ2) is 12.2. The van der Waals surface area contributed by atoms with E-state index in [0.717, 1.165) is 30.5 Å². The number of carboxylic acid groups (broad SMARTS) is 1. The molecule has 9 heteroatoms. The first kappa shape index (κ1) is 25.3. The predicted octanol–water partition coefficient (Wildman–Crippen LogP) is 3.81. The zero-order valence-electron chi connectivity index (χ0n) is 20.1. The number of aromatic nitrogens is 5. The van der Waals surface area contributed by atoms with Crippen LogP contribution in [-0.4, -0.2) is 49.3 Å². The van der Waals surface area contributed by atoms with Crippen molar-refractivity contribution in [3.8, 4) is 5.88 Å². The summed E-state index contributed by atoms with van der Waals surface area (Å²) in [5.41, 5.74) is 1.95. The molecule has 9 nitrogen and oxygen atoms in total. The van der Waals surface area contributed by atoms with Crippen molar-refractivity contribution < 1.29 is 14.6 Å². The number of aromatic amines is 1. The number of allylic oxidation sites excluding steroid dienone is 3. The lowest BCUT2D eigenvalue weighted by atomic mass is 9.81. The van der Waals surface area contributed by atoms with E-state index in [1.165, 1.54) is 0 Å². The summed E-state index contributed by atoms with van der Waals surface area (Å²) in [6.45, 7) is 10.8. The van der Waals surface area contributed by atoms with E-state index in [2.05, 4.69) is 43.6 Å². The van der Waals surface area contributed by atoms with Gasteiger partial charge in [-0.05, 0) is 56.7 Å². The van der Waals surface area contributed by atoms with Crippen LogP contribution >= 0.6 is 0 Å². The topological polar surface area (TPSA) is 126 Å². The number of hydrogen-bond donors (Lipinski definition) is 3. The molecular weight excluding hydrogens is 432 g/mol. The lowest BCUT2D eigenvalue weighted by Gasteiger charge is -2.23. The lowest BCUT2D eigenvalue weighted by molar-refractivity contribution is -0.143. The Kier molecular flexibility index (Phi) is 9.09. The molecule has 0 spiro atoms. The van der Waals surface area contributed by atoms with Crippen LogP contribution in [0.25, 0.3) is 0 Å². The number of tetrazole rings is 1. The van der Waals surface area contributed by atoms with Gasteiger partial charge in [-0.2, -0.15) is 5.21 Å². The minimum Gasteiger partial charge on any atom is -0.481 e. The summed E-state index contributed by atoms with van der Waals surface area (Å²) in [4.78, 5) is 16.5. The summed E-state index contributed by atoms with van der Waals surface area (Å²) in [7, 11) is 0. The molecule has 182 valence electrons. The van der Waals surface area contributed by atoms with Crippen LogP contribution in [0.5, 0.6) is 5.88 Å². The second-order valence-electron chi connectivity index (χ2n) is 8.92. The van der Waals surface area contributed by atoms with Crippen LogP contribution in [0.15, 0.2) is 54.5 Å². The molecule has 2 aromatic rings. The maximum absolute atomic E-state index is 12.1. The molecule has 0 saturated carbocycles. The Morgan fingerprint density at radius 1 is 1.38 bits per heavy atom. The van der Waals surface area contributed by atoms with E-state index in [0.29, 0.717) is 30.3 Å². The number of H-pyrrole nitrogens is 1. The van der Waals surface area contributed by atoms with Gasteiger partial charge in [0.05, 0.1) is 5.92 Å². The van der Waals surface area contributed by atoms with Crippen molar-refractivity contribution in [2.24, 2.45) is 11.8 Å². The van der Waals surface area contributed by atoms with Gasteiger partial charge in [0.15, 0.2) is 5.82 Å². The summed E-state index contributed by atoms with van der Waals surface area (Å²) in [6.07, 6.45) is 10.5. The molecule has 1 fully saturated rings. The van der Waals surface area contributed by atoms with Crippen LogP contribution in [-0.2, 0) is 11.2 Å². The average molecular weight is 467 g/mol. The fraction of sp³-hybridized carbons (Fsp3) is 0.480. The van der Waals surface area contributed by atoms with Gasteiger partial charge in [0, 0.05) is 29.8 Å². The molecule has 1 aliphatic rings. The molecule has 3 atom stereocenters. The molecule has 2 aromatic heterocycles. The molecule has 0 aromatic carbocycles. The minimum absolute atomic E-state index is 0.217. The summed E-state index contributed by atoms with van der Waals surface area (Å²) in [6, 6.07) is 3.95. The van der Waals surface area contributed by atoms with Crippen molar-refractivity contribution in [2.45, 2.75) is 58.4 Å². The number of ether oxygens (including phenoxy) is 1. The third kappa shape index (κ3) is 6.60. The Bertz CT molecular complexity index is 992. The maximum atomic E-state index is 12.1. The smallest absolute Gasteiger partial charge is 0.307 e. The molecule has 1 unspecified atom stereocenters. The summed E-state index contributed by atoms with van der Waals surface area (Å²) < 4.78 is 6.13. The number of hydrogen-bond acceptors (Lipinski definition) is 7. The number of carbonyl (C=O) groups is 1. The monoisotopic (exact) mass is 466 g/mol. The molecule has 0 bridgehead atoms. The normalized spacial score (nSPS) is 18.6. The fourth-order valence-corrected chi connectivity index (χ4v) is 4.41. The van der Waals surface area contributed by atoms with Crippen LogP contribution in [0.4, 0.5) is 0 Å². The highest BCUT2D eigenvalue weighted by Gasteiger charge is 2.33. The standard InChI is InChI=1S/C25H34N6O3/c1-5-8-22(18(6-2)21-9-7-12-26-21)34-23-11-10-17(15-27-23)14-19(24-28-30-31-29-24)20(25(32)33)13-16(3)4/h5-6,8,10-11,15-16,19-21,26H,1,7,9,12-14H2,2-4H3,(H,32,33)(H,28,29,30,31)/b18-6-,22-8+/t19-,20-,21?/m0/s1. The number of nitrogens with zero attached hydrogens (tertiary/aromatic N) is 4. The molecule has 0 amide bonds. The van der Waals surface area contributed by atoms with Crippen LogP contribution in [0, 0.1) is 11.8 Å². The SMILES string of the molecule is C=C/C=C(Oc1ccc(C[C@H](c2nn[nH]n2)[C@H](CC(C)C)C(=O)O)cn1)\C(=C/C)C1CCCN1. The highest BCUT2D eigenvalue weighted by Crippen LogP contribution is 2.31. The molecule has 3 rings (SSSR count). The summed E-state index contributed by atoms with van der Waals surface area (Å²) in [5.74, 6) is -0.138. The van der Waals surface area contributed by atoms with Crippen molar-refractivity contribution in [1.29, 1.82) is 0 Å². The van der Waals surface area contributed by atoms with Gasteiger partial charge in [0.2, 0.25) is 5.88 Å². The third-order valence-electron chi connectivity index (χ3n) is 5.99. The van der Waals surface area contributed by atoms with E-state index >= 15 is 0 Å². The van der Waals surface area contributed by atoms with Gasteiger partial charge >= 0.3 is 5.97 Å². The number of rotatable bonds is 12. The van der Waals surface area contributed by atoms with Gasteiger partial charge in [0.25, 0.3) is 0 Å². The second-order valence-corrected chi connectivity index (χ2v) is 8.92. The Balaban J connectivity index is 1.78. The first-order valence-corrected chi connectivity index (χ1v) is 11.7. The van der Waals surface area contributed by atoms with E-state index in [1.54, 1.807) is 18.3 Å². The lowest BCUT2D eigenvalue weighted by Crippen LogP contribution is -2.26. The highest BCUT2D eigenvalue weighted by atomic mass is 16.5. The van der Waals surface area contributed by atoms with Crippen LogP contribution < -0.4 is 10.1 Å². The molecule has 34 heavy (non-hydrogen) atoms. The zero-order chi connectivity index (χ0) is 24.5. The van der Waals surface area contributed by atoms with Crippen molar-refractivity contribution in [2.75, 3.05) is 6.54 Å². The number of nitrogens with one attached hydrogen (secondary N) is 2. The fourth-order valence-electron chi connectivity index (χ4n) is 4.41. The van der Waals surface area contributed by atoms with Gasteiger partial charge in [-0.25, -0.2) is 4.98 Å². The minimum atomic E-state index is -0.866. The van der Waals surface area contributed by atoms with Crippen molar-refractivity contribution >= 4 is 5.97 Å². The van der Waals surface area contributed by atoms with Crippen LogP contribution in [0.3, 0.4) is 0 Å². The van der Waals surface area contributed by atoms with Gasteiger partial charge < -0.3 is 15.2 Å². The summed E-state index contributed by atoms with van der Waals surface area (Å²) in [5, 5.41) is 27.6. The van der Waals surface area contributed by atoms with Crippen LogP contribution in [0.2, 0.25) is 0 Å². The van der Waals surface area contributed by atoms with Gasteiger partial charge in [-0.15, -0.1) is 10.2 Å². The van der Waals surface area contributed by atoms with Crippen molar-refractivity contribution in [3.05, 3.63) is 65.9 Å². The van der Waals surface area contributed by atoms with Crippen molar-refractivity contribution in [3.63, 3.8) is 0 Å². The molecule has 3 N–H and O–H groups in total. The number of aliphatic carboxylic acids is 1. The third-order valence-corrected chi connectivity index (χ3v) is 5.99. The Morgan fingerprint density at radius 3 is 2.74 bits per heavy atom. The van der Waals surface area contributed by atoms with E-state index < -0.39 is 17.8 Å². The molecule has 3 heterocycles. The maximum Gasteiger partial charge on any atom is 0.307 e. The Hall–Kier alpha value is -3.33. The predicted molar refractivity (Wildman–Crippen MR) is 129 cm³/mol. The molecule has 0 radical (unpaired) electrons. The zero-order valence-corrected chi connectivity index (χ0v) is 20.1. The van der Waals surface area contributed by atoms with Gasteiger partial charge in [0.1, 0.15) is 5.76 Å². The first-order valence-electron chi connectivity index (χ1n) is 11.7. The Morgan fingerprint density at radius 2 is 2.21 bits per heavy atom. The molecule has 0 aliphatic carbocycles. The van der Waals surface area contributed by atoms with Gasteiger partial charge in [-0.3, -0.25) is 4.79 Å². The van der Waals surface area contributed by atoms with Crippen LogP contribution in [0.1, 0.15) is 57.3 Å². The molecule has 1 aliphatic heterocycles. The van der Waals surface area contributed by atoms with Crippen molar-refractivity contribution in [1.82, 2.24) is 30.9 Å². The van der Waals surface area contributed by atoms with E-state index in [4.69, 9.17) is 4.74 Å². The number of pyridine rings is 1. The molecular formula is C25H34N6O3. The average Bonchev–Trinajstić information content (AvgIpc) is 3.52. The highest BCUT2D eigenvalue weighted by molar-refractivity contribution is 5.71. The van der Waals surface area contributed by atoms with E-state index in [9.17, 15) is 9.90 Å². The largest absolute Gasteiger partial charge is 0.481 e. The van der Waals surface area contributed by atoms with E-state index in [-0.39, 0.29) is 12.0 Å². The molecule has 1 saturated heterocycles.